The van der Waals surface area contributed by atoms with E-state index in [0.717, 1.165) is 0 Å². The lowest BCUT2D eigenvalue weighted by Gasteiger charge is -2.34. The first-order valence-electron chi connectivity index (χ1n) is 9.29. The van der Waals surface area contributed by atoms with Gasteiger partial charge < -0.3 is 29.4 Å². The molecule has 2 N–H and O–H groups in total. The Morgan fingerprint density at radius 3 is 2.83 bits per heavy atom. The predicted molar refractivity (Wildman–Crippen MR) is 97.0 cm³/mol. The van der Waals surface area contributed by atoms with Gasteiger partial charge in [-0.05, 0) is 24.1 Å². The lowest BCUT2D eigenvalue weighted by atomic mass is 9.98. The predicted octanol–water partition coefficient (Wildman–Crippen LogP) is 2.34. The van der Waals surface area contributed by atoms with Crippen LogP contribution in [0.15, 0.2) is 23.2 Å². The molecule has 0 radical (unpaired) electrons. The third-order valence-electron chi connectivity index (χ3n) is 5.41. The molecule has 2 fully saturated rings. The lowest BCUT2D eigenvalue weighted by molar-refractivity contribution is -0.155. The third-order valence-corrected chi connectivity index (χ3v) is 6.65. The normalized spacial score (nSPS) is 35.9. The zero-order chi connectivity index (χ0) is 20.2. The van der Waals surface area contributed by atoms with Crippen molar-refractivity contribution >= 4 is 16.9 Å². The molecule has 2 bridgehead atoms. The number of hydrogen-bond donors (Lipinski definition) is 2. The molecule has 0 amide bonds. The molecule has 0 saturated carbocycles. The van der Waals surface area contributed by atoms with E-state index >= 15 is 0 Å². The molecule has 4 aliphatic heterocycles. The molecule has 0 aromatic heterocycles. The average Bonchev–Trinajstić information content (AvgIpc) is 3.32. The van der Waals surface area contributed by atoms with E-state index in [2.05, 4.69) is 10.3 Å². The van der Waals surface area contributed by atoms with Gasteiger partial charge in [-0.3, -0.25) is 4.99 Å². The zero-order valence-corrected chi connectivity index (χ0v) is 15.9. The summed E-state index contributed by atoms with van der Waals surface area (Å²) in [6.45, 7) is 0.399. The maximum atomic E-state index is 13.6. The highest BCUT2D eigenvalue weighted by molar-refractivity contribution is 8.14. The minimum atomic E-state index is -4.42. The highest BCUT2D eigenvalue weighted by Gasteiger charge is 2.47. The van der Waals surface area contributed by atoms with Crippen molar-refractivity contribution in [1.29, 1.82) is 0 Å². The number of ether oxygens (including phenoxy) is 4. The van der Waals surface area contributed by atoms with E-state index in [1.54, 1.807) is 18.2 Å². The molecular formula is C18H19F3N2O5S. The van der Waals surface area contributed by atoms with Crippen molar-refractivity contribution in [2.75, 3.05) is 13.4 Å². The van der Waals surface area contributed by atoms with Gasteiger partial charge in [-0.25, -0.2) is 0 Å². The maximum Gasteiger partial charge on any atom is 0.408 e. The van der Waals surface area contributed by atoms with Crippen LogP contribution in [0.3, 0.4) is 0 Å². The molecule has 1 aromatic carbocycles. The Kier molecular flexibility index (Phi) is 4.80. The number of nitrogens with zero attached hydrogens (tertiary/aromatic N) is 1. The highest BCUT2D eigenvalue weighted by atomic mass is 32.2. The molecule has 29 heavy (non-hydrogen) atoms. The van der Waals surface area contributed by atoms with Crippen molar-refractivity contribution < 1.29 is 37.2 Å². The average molecular weight is 432 g/mol. The van der Waals surface area contributed by atoms with Crippen LogP contribution in [-0.4, -0.2) is 59.6 Å². The fourth-order valence-electron chi connectivity index (χ4n) is 3.88. The second-order valence-corrected chi connectivity index (χ2v) is 8.60. The number of rotatable bonds is 2. The molecule has 11 heteroatoms. The van der Waals surface area contributed by atoms with Gasteiger partial charge in [0, 0.05) is 11.7 Å². The van der Waals surface area contributed by atoms with Crippen LogP contribution in [0.25, 0.3) is 0 Å². The first-order valence-corrected chi connectivity index (χ1v) is 10.2. The number of alkyl halides is 3. The summed E-state index contributed by atoms with van der Waals surface area (Å²) in [7, 11) is 0. The van der Waals surface area contributed by atoms with E-state index in [4.69, 9.17) is 18.9 Å². The van der Waals surface area contributed by atoms with E-state index in [1.807, 2.05) is 0 Å². The second kappa shape index (κ2) is 7.22. The Balaban J connectivity index is 1.40. The molecule has 6 unspecified atom stereocenters. The van der Waals surface area contributed by atoms with Gasteiger partial charge in [0.15, 0.2) is 23.0 Å². The minimum Gasteiger partial charge on any atom is -0.454 e. The summed E-state index contributed by atoms with van der Waals surface area (Å²) in [4.78, 5) is 4.54. The van der Waals surface area contributed by atoms with Crippen LogP contribution < -0.4 is 14.8 Å². The molecule has 6 atom stereocenters. The van der Waals surface area contributed by atoms with Gasteiger partial charge >= 0.3 is 6.18 Å². The number of aliphatic hydroxyl groups is 1. The molecule has 4 heterocycles. The van der Waals surface area contributed by atoms with Crippen molar-refractivity contribution in [3.05, 3.63) is 23.8 Å². The fourth-order valence-corrected chi connectivity index (χ4v) is 5.15. The van der Waals surface area contributed by atoms with E-state index in [1.165, 1.54) is 11.8 Å². The first-order chi connectivity index (χ1) is 13.9. The Morgan fingerprint density at radius 2 is 2.00 bits per heavy atom. The molecule has 2 saturated heterocycles. The van der Waals surface area contributed by atoms with Gasteiger partial charge in [0.1, 0.15) is 12.1 Å². The summed E-state index contributed by atoms with van der Waals surface area (Å²) >= 11 is 1.17. The van der Waals surface area contributed by atoms with Crippen LogP contribution >= 0.6 is 11.8 Å². The van der Waals surface area contributed by atoms with E-state index in [-0.39, 0.29) is 29.7 Å². The summed E-state index contributed by atoms with van der Waals surface area (Å²) in [5.41, 5.74) is 0.632. The van der Waals surface area contributed by atoms with E-state index in [9.17, 15) is 18.3 Å². The van der Waals surface area contributed by atoms with Crippen LogP contribution in [-0.2, 0) is 9.47 Å². The number of thioether (sulfide) groups is 1. The van der Waals surface area contributed by atoms with E-state index < -0.39 is 30.7 Å². The number of halogens is 3. The highest BCUT2D eigenvalue weighted by Crippen LogP contribution is 2.41. The van der Waals surface area contributed by atoms with Crippen molar-refractivity contribution in [3.8, 4) is 11.5 Å². The van der Waals surface area contributed by atoms with Crippen LogP contribution in [0.5, 0.6) is 11.5 Å². The second-order valence-electron chi connectivity index (χ2n) is 7.37. The Labute approximate surface area is 168 Å². The van der Waals surface area contributed by atoms with Crippen molar-refractivity contribution in [1.82, 2.24) is 5.32 Å². The number of benzene rings is 1. The molecule has 1 aromatic rings. The number of aliphatic hydroxyl groups excluding tert-OH is 1. The fraction of sp³-hybridized carbons (Fsp3) is 0.611. The summed E-state index contributed by atoms with van der Waals surface area (Å²) in [5, 5.41) is 12.5. The monoisotopic (exact) mass is 432 g/mol. The maximum absolute atomic E-state index is 13.6. The summed E-state index contributed by atoms with van der Waals surface area (Å²) < 4.78 is 62.2. The van der Waals surface area contributed by atoms with Gasteiger partial charge in [-0.15, -0.1) is 0 Å². The third kappa shape index (κ3) is 3.76. The SMILES string of the molecule is OC1CC(SC2=NC(c3ccc4c(c3)OCO4)CC(C(F)(F)F)N2)C2COC1O2. The number of fused-ring (bicyclic) bond motifs is 3. The standard InChI is InChI=1S/C18H19F3N2O5S/c19-18(20,21)15-4-9(8-1-2-11-12(3-8)27-7-26-11)22-17(23-15)29-14-5-10(24)16-25-6-13(14)28-16/h1-3,9-10,13-16,24H,4-7H2,(H,22,23). The first kappa shape index (κ1) is 19.3. The van der Waals surface area contributed by atoms with Crippen molar-refractivity contribution in [2.45, 2.75) is 54.8 Å². The topological polar surface area (TPSA) is 81.5 Å². The summed E-state index contributed by atoms with van der Waals surface area (Å²) in [6.07, 6.45) is -6.01. The smallest absolute Gasteiger partial charge is 0.408 e. The molecule has 7 nitrogen and oxygen atoms in total. The molecule has 5 rings (SSSR count). The van der Waals surface area contributed by atoms with Crippen molar-refractivity contribution in [3.63, 3.8) is 0 Å². The zero-order valence-electron chi connectivity index (χ0n) is 15.1. The molecule has 0 aliphatic carbocycles. The number of amidine groups is 1. The van der Waals surface area contributed by atoms with Gasteiger partial charge in [-0.2, -0.15) is 13.2 Å². The lowest BCUT2D eigenvalue weighted by Crippen LogP contribution is -2.49. The van der Waals surface area contributed by atoms with Crippen molar-refractivity contribution in [2.24, 2.45) is 4.99 Å². The quantitative estimate of drug-likeness (QED) is 0.743. The van der Waals surface area contributed by atoms with Gasteiger partial charge in [-0.1, -0.05) is 17.8 Å². The van der Waals surface area contributed by atoms with Crippen LogP contribution in [0.2, 0.25) is 0 Å². The summed E-state index contributed by atoms with van der Waals surface area (Å²) in [5.74, 6) is 1.07. The molecule has 4 aliphatic rings. The van der Waals surface area contributed by atoms with Crippen LogP contribution in [0, 0.1) is 0 Å². The Morgan fingerprint density at radius 1 is 1.17 bits per heavy atom. The largest absolute Gasteiger partial charge is 0.454 e. The van der Waals surface area contributed by atoms with Crippen LogP contribution in [0.4, 0.5) is 13.2 Å². The summed E-state index contributed by atoms with van der Waals surface area (Å²) in [6, 6.07) is 2.68. The van der Waals surface area contributed by atoms with E-state index in [0.29, 0.717) is 30.1 Å². The van der Waals surface area contributed by atoms with Gasteiger partial charge in [0.2, 0.25) is 6.79 Å². The Hall–Kier alpha value is -1.69. The van der Waals surface area contributed by atoms with Gasteiger partial charge in [0.05, 0.1) is 18.8 Å². The number of aliphatic imine (C=N–C) groups is 1. The number of hydrogen-bond acceptors (Lipinski definition) is 8. The minimum absolute atomic E-state index is 0.0923. The van der Waals surface area contributed by atoms with Gasteiger partial charge in [0.25, 0.3) is 0 Å². The van der Waals surface area contributed by atoms with Crippen LogP contribution in [0.1, 0.15) is 24.4 Å². The number of nitrogens with one attached hydrogen (secondary N) is 1. The molecule has 158 valence electrons. The molecule has 0 spiro atoms. The Bertz CT molecular complexity index is 823. The molecular weight excluding hydrogens is 413 g/mol.